The van der Waals surface area contributed by atoms with Crippen LogP contribution in [0, 0.1) is 12.8 Å². The van der Waals surface area contributed by atoms with Crippen LogP contribution in [0.1, 0.15) is 39.2 Å². The molecule has 1 aliphatic rings. The lowest BCUT2D eigenvalue weighted by atomic mass is 10.00. The van der Waals surface area contributed by atoms with Crippen LogP contribution in [-0.4, -0.2) is 69.8 Å². The Morgan fingerprint density at radius 1 is 1.23 bits per heavy atom. The summed E-state index contributed by atoms with van der Waals surface area (Å²) < 4.78 is 20.6. The number of ether oxygens (including phenoxy) is 3. The lowest BCUT2D eigenvalue weighted by Gasteiger charge is -2.23. The van der Waals surface area contributed by atoms with E-state index in [-0.39, 0.29) is 11.7 Å². The summed E-state index contributed by atoms with van der Waals surface area (Å²) in [5.41, 5.74) is 3.34. The first-order chi connectivity index (χ1) is 18.6. The fourth-order valence-electron chi connectivity index (χ4n) is 4.93. The summed E-state index contributed by atoms with van der Waals surface area (Å²) in [5, 5.41) is 13.0. The van der Waals surface area contributed by atoms with Crippen molar-refractivity contribution in [3.05, 3.63) is 46.4 Å². The lowest BCUT2D eigenvalue weighted by molar-refractivity contribution is -0.152. The van der Waals surface area contributed by atoms with Gasteiger partial charge in [0.25, 0.3) is 5.56 Å². The van der Waals surface area contributed by atoms with E-state index in [9.17, 15) is 14.7 Å². The van der Waals surface area contributed by atoms with Gasteiger partial charge in [-0.3, -0.25) is 14.9 Å². The van der Waals surface area contributed by atoms with Gasteiger partial charge >= 0.3 is 5.97 Å². The molecule has 1 aromatic carbocycles. The van der Waals surface area contributed by atoms with Crippen LogP contribution in [0.15, 0.2) is 35.3 Å². The van der Waals surface area contributed by atoms with Crippen LogP contribution in [0.2, 0.25) is 0 Å². The van der Waals surface area contributed by atoms with Gasteiger partial charge in [0.05, 0.1) is 23.2 Å². The van der Waals surface area contributed by atoms with Crippen LogP contribution in [0.4, 0.5) is 0 Å². The van der Waals surface area contributed by atoms with E-state index in [1.807, 2.05) is 37.4 Å². The van der Waals surface area contributed by atoms with E-state index in [1.54, 1.807) is 32.4 Å². The highest BCUT2D eigenvalue weighted by Gasteiger charge is 2.25. The number of pyridine rings is 1. The normalized spacial score (nSPS) is 16.0. The average Bonchev–Trinajstić information content (AvgIpc) is 3.24. The molecule has 0 bridgehead atoms. The van der Waals surface area contributed by atoms with Gasteiger partial charge < -0.3 is 28.5 Å². The maximum atomic E-state index is 12.3. The number of carbonyl (C=O) groups excluding carboxylic acids is 1. The second-order valence-corrected chi connectivity index (χ2v) is 10.6. The lowest BCUT2D eigenvalue weighted by Crippen LogP contribution is -2.47. The Morgan fingerprint density at radius 3 is 2.64 bits per heavy atom. The second kappa shape index (κ2) is 12.8. The van der Waals surface area contributed by atoms with E-state index in [0.717, 1.165) is 55.0 Å². The van der Waals surface area contributed by atoms with Gasteiger partial charge in [-0.15, -0.1) is 0 Å². The van der Waals surface area contributed by atoms with Crippen molar-refractivity contribution in [1.29, 1.82) is 0 Å². The number of aromatic nitrogens is 3. The molecule has 2 N–H and O–H groups in total. The van der Waals surface area contributed by atoms with E-state index in [2.05, 4.69) is 9.88 Å². The summed E-state index contributed by atoms with van der Waals surface area (Å²) in [5.74, 6) is 1.46. The van der Waals surface area contributed by atoms with E-state index in [1.165, 1.54) is 0 Å². The third-order valence-electron chi connectivity index (χ3n) is 6.95. The molecule has 1 fully saturated rings. The summed E-state index contributed by atoms with van der Waals surface area (Å²) in [7, 11) is 1.76. The van der Waals surface area contributed by atoms with Crippen LogP contribution in [0.5, 0.6) is 5.75 Å². The molecule has 0 amide bonds. The van der Waals surface area contributed by atoms with Crippen molar-refractivity contribution in [3.63, 3.8) is 0 Å². The van der Waals surface area contributed by atoms with Crippen molar-refractivity contribution in [2.24, 2.45) is 13.0 Å². The van der Waals surface area contributed by atoms with Crippen molar-refractivity contribution < 1.29 is 24.1 Å². The fourth-order valence-corrected chi connectivity index (χ4v) is 4.93. The zero-order valence-corrected chi connectivity index (χ0v) is 23.5. The van der Waals surface area contributed by atoms with Gasteiger partial charge in [-0.05, 0) is 64.7 Å². The number of aliphatic hydroxyl groups is 1. The average molecular weight is 541 g/mol. The Morgan fingerprint density at radius 2 is 1.97 bits per heavy atom. The molecule has 10 heteroatoms. The molecule has 2 unspecified atom stereocenters. The number of aryl methyl sites for hydroxylation is 2. The monoisotopic (exact) mass is 540 g/mol. The molecule has 212 valence electrons. The third-order valence-corrected chi connectivity index (χ3v) is 6.95. The first-order valence-corrected chi connectivity index (χ1v) is 13.6. The maximum absolute atomic E-state index is 12.3. The highest BCUT2D eigenvalue weighted by Crippen LogP contribution is 2.30. The molecule has 1 aliphatic heterocycles. The fraction of sp³-hybridized carbons (Fsp3) is 0.552. The number of carbonyl (C=O) groups is 1. The Balaban J connectivity index is 1.54. The molecule has 3 aromatic rings. The molecule has 0 radical (unpaired) electrons. The number of hydrogen-bond donors (Lipinski definition) is 2. The number of esters is 1. The predicted octanol–water partition coefficient (Wildman–Crippen LogP) is 2.81. The summed E-state index contributed by atoms with van der Waals surface area (Å²) in [6.45, 7) is 9.90. The van der Waals surface area contributed by atoms with Crippen molar-refractivity contribution in [3.8, 4) is 17.1 Å². The Kier molecular flexibility index (Phi) is 9.42. The zero-order chi connectivity index (χ0) is 28.1. The van der Waals surface area contributed by atoms with E-state index >= 15 is 0 Å². The molecular formula is C29H40N4O6. The molecule has 1 saturated heterocycles. The number of nitrogens with one attached hydrogen (secondary N) is 1. The van der Waals surface area contributed by atoms with Gasteiger partial charge in [-0.1, -0.05) is 0 Å². The van der Waals surface area contributed by atoms with Gasteiger partial charge in [0, 0.05) is 56.7 Å². The van der Waals surface area contributed by atoms with E-state index in [4.69, 9.17) is 19.2 Å². The number of aliphatic hydroxyl groups excluding tert-OH is 1. The predicted molar refractivity (Wildman–Crippen MR) is 149 cm³/mol. The van der Waals surface area contributed by atoms with Gasteiger partial charge in [-0.25, -0.2) is 4.98 Å². The van der Waals surface area contributed by atoms with Crippen LogP contribution in [-0.2, 0) is 27.9 Å². The van der Waals surface area contributed by atoms with E-state index in [0.29, 0.717) is 30.4 Å². The highest BCUT2D eigenvalue weighted by molar-refractivity contribution is 5.82. The Labute approximate surface area is 228 Å². The molecule has 3 heterocycles. The van der Waals surface area contributed by atoms with Gasteiger partial charge in [0.1, 0.15) is 24.2 Å². The minimum absolute atomic E-state index is 0.0227. The van der Waals surface area contributed by atoms with Crippen molar-refractivity contribution in [2.75, 3.05) is 26.4 Å². The SMILES string of the molecule is Cc1cc(-c2nc3cc(OCCNC(C(=O)OC(C)C)C(C)O)ccc3n2CC2CCOCC2)cn(C)c1=O. The maximum Gasteiger partial charge on any atom is 0.326 e. The standard InChI is InChI=1S/C29H40N4O6/c1-18(2)39-29(36)26(20(4)34)30-10-13-38-23-6-7-25-24(15-23)31-27(22-14-19(3)28(35)32(5)17-22)33(25)16-21-8-11-37-12-9-21/h6-7,14-15,17-18,20-21,26,30,34H,8-13,16H2,1-5H3. The molecule has 2 atom stereocenters. The Hall–Kier alpha value is -3.21. The molecule has 39 heavy (non-hydrogen) atoms. The first kappa shape index (κ1) is 28.8. The number of hydrogen-bond acceptors (Lipinski definition) is 8. The number of benzene rings is 1. The second-order valence-electron chi connectivity index (χ2n) is 10.6. The van der Waals surface area contributed by atoms with Gasteiger partial charge in [0.2, 0.25) is 0 Å². The minimum Gasteiger partial charge on any atom is -0.492 e. The summed E-state index contributed by atoms with van der Waals surface area (Å²) in [4.78, 5) is 29.5. The van der Waals surface area contributed by atoms with Gasteiger partial charge in [-0.2, -0.15) is 0 Å². The van der Waals surface area contributed by atoms with Crippen LogP contribution in [0.25, 0.3) is 22.4 Å². The van der Waals surface area contributed by atoms with Crippen LogP contribution < -0.4 is 15.6 Å². The molecule has 0 spiro atoms. The zero-order valence-electron chi connectivity index (χ0n) is 23.5. The minimum atomic E-state index is -0.896. The summed E-state index contributed by atoms with van der Waals surface area (Å²) in [6.07, 6.45) is 2.68. The van der Waals surface area contributed by atoms with Crippen molar-refractivity contribution in [1.82, 2.24) is 19.4 Å². The molecule has 0 saturated carbocycles. The van der Waals surface area contributed by atoms with Crippen molar-refractivity contribution in [2.45, 2.75) is 65.3 Å². The third kappa shape index (κ3) is 7.06. The van der Waals surface area contributed by atoms with Crippen molar-refractivity contribution >= 4 is 17.0 Å². The van der Waals surface area contributed by atoms with Gasteiger partial charge in [0.15, 0.2) is 0 Å². The van der Waals surface area contributed by atoms with Crippen LogP contribution in [0.3, 0.4) is 0 Å². The van der Waals surface area contributed by atoms with E-state index < -0.39 is 18.1 Å². The number of rotatable bonds is 11. The smallest absolute Gasteiger partial charge is 0.326 e. The molecule has 10 nitrogen and oxygen atoms in total. The molecule has 0 aliphatic carbocycles. The molecule has 2 aromatic heterocycles. The first-order valence-electron chi connectivity index (χ1n) is 13.6. The summed E-state index contributed by atoms with van der Waals surface area (Å²) in [6, 6.07) is 6.91. The number of fused-ring (bicyclic) bond motifs is 1. The largest absolute Gasteiger partial charge is 0.492 e. The summed E-state index contributed by atoms with van der Waals surface area (Å²) >= 11 is 0. The highest BCUT2D eigenvalue weighted by atomic mass is 16.5. The quantitative estimate of drug-likeness (QED) is 0.282. The number of nitrogens with zero attached hydrogens (tertiary/aromatic N) is 3. The number of imidazole rings is 1. The molecule has 4 rings (SSSR count). The van der Waals surface area contributed by atoms with Crippen LogP contribution >= 0.6 is 0 Å². The Bertz CT molecular complexity index is 1310. The molecular weight excluding hydrogens is 500 g/mol. The topological polar surface area (TPSA) is 117 Å².